The van der Waals surface area contributed by atoms with Gasteiger partial charge in [0, 0.05) is 11.6 Å². The fourth-order valence-corrected chi connectivity index (χ4v) is 2.88. The van der Waals surface area contributed by atoms with E-state index in [2.05, 4.69) is 5.32 Å². The third-order valence-electron chi connectivity index (χ3n) is 3.95. The third kappa shape index (κ3) is 3.73. The fourth-order valence-electron chi connectivity index (χ4n) is 2.88. The van der Waals surface area contributed by atoms with Gasteiger partial charge in [-0.3, -0.25) is 10.1 Å². The van der Waals surface area contributed by atoms with Crippen LogP contribution in [0.3, 0.4) is 0 Å². The predicted octanol–water partition coefficient (Wildman–Crippen LogP) is 3.13. The van der Waals surface area contributed by atoms with E-state index >= 15 is 0 Å². The standard InChI is InChI=1S/C16H23NO3/c1-20-14-11-7-6-10-13(14)15(16(18)19)17-12-8-4-2-3-5-9-12/h6-7,10-12,15,17H,2-5,8-9H2,1H3,(H,18,19). The lowest BCUT2D eigenvalue weighted by Gasteiger charge is -2.23. The molecule has 1 aliphatic carbocycles. The highest BCUT2D eigenvalue weighted by atomic mass is 16.5. The molecule has 4 nitrogen and oxygen atoms in total. The van der Waals surface area contributed by atoms with E-state index in [0.29, 0.717) is 11.3 Å². The van der Waals surface area contributed by atoms with Crippen LogP contribution in [0, 0.1) is 0 Å². The molecule has 0 amide bonds. The quantitative estimate of drug-likeness (QED) is 0.812. The second-order valence-electron chi connectivity index (χ2n) is 5.37. The normalized spacial score (nSPS) is 18.2. The summed E-state index contributed by atoms with van der Waals surface area (Å²) in [7, 11) is 1.57. The van der Waals surface area contributed by atoms with E-state index in [1.807, 2.05) is 18.2 Å². The summed E-state index contributed by atoms with van der Waals surface area (Å²) in [5, 5.41) is 12.8. The first kappa shape index (κ1) is 14.9. The summed E-state index contributed by atoms with van der Waals surface area (Å²) >= 11 is 0. The molecule has 1 atom stereocenters. The molecular weight excluding hydrogens is 254 g/mol. The molecule has 1 aromatic carbocycles. The first-order valence-electron chi connectivity index (χ1n) is 7.34. The zero-order valence-electron chi connectivity index (χ0n) is 12.0. The van der Waals surface area contributed by atoms with Crippen molar-refractivity contribution >= 4 is 5.97 Å². The molecular formula is C16H23NO3. The zero-order valence-corrected chi connectivity index (χ0v) is 12.0. The van der Waals surface area contributed by atoms with Crippen LogP contribution in [0.1, 0.15) is 50.1 Å². The van der Waals surface area contributed by atoms with Crippen molar-refractivity contribution in [3.05, 3.63) is 29.8 Å². The molecule has 2 N–H and O–H groups in total. The maximum Gasteiger partial charge on any atom is 0.325 e. The monoisotopic (exact) mass is 277 g/mol. The van der Waals surface area contributed by atoms with E-state index in [9.17, 15) is 9.90 Å². The number of aliphatic carboxylic acids is 1. The Balaban J connectivity index is 2.15. The highest BCUT2D eigenvalue weighted by molar-refractivity contribution is 5.76. The SMILES string of the molecule is COc1ccccc1C(NC1CCCCCC1)C(=O)O. The van der Waals surface area contributed by atoms with Gasteiger partial charge in [-0.15, -0.1) is 0 Å². The number of ether oxygens (including phenoxy) is 1. The van der Waals surface area contributed by atoms with Crippen LogP contribution in [0.4, 0.5) is 0 Å². The van der Waals surface area contributed by atoms with Gasteiger partial charge in [-0.2, -0.15) is 0 Å². The fraction of sp³-hybridized carbons (Fsp3) is 0.562. The topological polar surface area (TPSA) is 58.6 Å². The van der Waals surface area contributed by atoms with E-state index in [0.717, 1.165) is 12.8 Å². The van der Waals surface area contributed by atoms with E-state index in [-0.39, 0.29) is 6.04 Å². The van der Waals surface area contributed by atoms with E-state index in [1.165, 1.54) is 25.7 Å². The van der Waals surface area contributed by atoms with Gasteiger partial charge in [0.25, 0.3) is 0 Å². The Morgan fingerprint density at radius 2 is 1.90 bits per heavy atom. The van der Waals surface area contributed by atoms with Gasteiger partial charge in [0.1, 0.15) is 11.8 Å². The average molecular weight is 277 g/mol. The van der Waals surface area contributed by atoms with Gasteiger partial charge in [-0.05, 0) is 18.9 Å². The van der Waals surface area contributed by atoms with Crippen molar-refractivity contribution in [2.24, 2.45) is 0 Å². The molecule has 1 aliphatic rings. The lowest BCUT2D eigenvalue weighted by atomic mass is 10.0. The van der Waals surface area contributed by atoms with Crippen LogP contribution < -0.4 is 10.1 Å². The van der Waals surface area contributed by atoms with Crippen molar-refractivity contribution in [1.29, 1.82) is 0 Å². The van der Waals surface area contributed by atoms with Crippen LogP contribution >= 0.6 is 0 Å². The first-order chi connectivity index (χ1) is 9.72. The highest BCUT2D eigenvalue weighted by Gasteiger charge is 2.26. The van der Waals surface area contributed by atoms with Gasteiger partial charge in [0.2, 0.25) is 0 Å². The number of hydrogen-bond acceptors (Lipinski definition) is 3. The molecule has 0 radical (unpaired) electrons. The van der Waals surface area contributed by atoms with Crippen LogP contribution in [0.2, 0.25) is 0 Å². The molecule has 1 saturated carbocycles. The van der Waals surface area contributed by atoms with Crippen LogP contribution in [0.5, 0.6) is 5.75 Å². The lowest BCUT2D eigenvalue weighted by molar-refractivity contribution is -0.140. The average Bonchev–Trinajstić information content (AvgIpc) is 2.73. The highest BCUT2D eigenvalue weighted by Crippen LogP contribution is 2.27. The summed E-state index contributed by atoms with van der Waals surface area (Å²) in [6, 6.07) is 6.91. The van der Waals surface area contributed by atoms with Gasteiger partial charge in [-0.25, -0.2) is 0 Å². The molecule has 1 unspecified atom stereocenters. The number of benzene rings is 1. The summed E-state index contributed by atoms with van der Waals surface area (Å²) in [6.07, 6.45) is 6.97. The molecule has 1 aromatic rings. The minimum atomic E-state index is -0.848. The van der Waals surface area contributed by atoms with Crippen molar-refractivity contribution in [3.8, 4) is 5.75 Å². The number of carboxylic acids is 1. The Morgan fingerprint density at radius 1 is 1.25 bits per heavy atom. The van der Waals surface area contributed by atoms with Crippen LogP contribution in [-0.2, 0) is 4.79 Å². The Kier molecular flexibility index (Phi) is 5.41. The predicted molar refractivity (Wildman–Crippen MR) is 78.0 cm³/mol. The van der Waals surface area contributed by atoms with Gasteiger partial charge in [-0.1, -0.05) is 43.9 Å². The molecule has 0 saturated heterocycles. The number of nitrogens with one attached hydrogen (secondary N) is 1. The summed E-state index contributed by atoms with van der Waals surface area (Å²) in [5.74, 6) is -0.222. The molecule has 0 spiro atoms. The molecule has 1 fully saturated rings. The first-order valence-corrected chi connectivity index (χ1v) is 7.34. The molecule has 20 heavy (non-hydrogen) atoms. The van der Waals surface area contributed by atoms with E-state index in [1.54, 1.807) is 13.2 Å². The number of carboxylic acid groups (broad SMARTS) is 1. The lowest BCUT2D eigenvalue weighted by Crippen LogP contribution is -2.37. The molecule has 4 heteroatoms. The van der Waals surface area contributed by atoms with E-state index in [4.69, 9.17) is 4.74 Å². The van der Waals surface area contributed by atoms with Crippen molar-refractivity contribution in [1.82, 2.24) is 5.32 Å². The van der Waals surface area contributed by atoms with E-state index < -0.39 is 12.0 Å². The van der Waals surface area contributed by atoms with Crippen LogP contribution in [-0.4, -0.2) is 24.2 Å². The molecule has 0 aliphatic heterocycles. The van der Waals surface area contributed by atoms with Crippen molar-refractivity contribution < 1.29 is 14.6 Å². The number of rotatable bonds is 5. The van der Waals surface area contributed by atoms with Gasteiger partial charge in [0.15, 0.2) is 0 Å². The largest absolute Gasteiger partial charge is 0.496 e. The second-order valence-corrected chi connectivity index (χ2v) is 5.37. The minimum absolute atomic E-state index is 0.281. The molecule has 0 heterocycles. The Morgan fingerprint density at radius 3 is 2.50 bits per heavy atom. The Hall–Kier alpha value is -1.55. The van der Waals surface area contributed by atoms with Crippen molar-refractivity contribution in [3.63, 3.8) is 0 Å². The third-order valence-corrected chi connectivity index (χ3v) is 3.95. The van der Waals surface area contributed by atoms with Crippen molar-refractivity contribution in [2.75, 3.05) is 7.11 Å². The van der Waals surface area contributed by atoms with Crippen LogP contribution in [0.25, 0.3) is 0 Å². The zero-order chi connectivity index (χ0) is 14.4. The summed E-state index contributed by atoms with van der Waals surface area (Å²) in [4.78, 5) is 11.6. The van der Waals surface area contributed by atoms with Gasteiger partial charge >= 0.3 is 5.97 Å². The van der Waals surface area contributed by atoms with Crippen LogP contribution in [0.15, 0.2) is 24.3 Å². The summed E-state index contributed by atoms with van der Waals surface area (Å²) in [5.41, 5.74) is 0.701. The number of para-hydroxylation sites is 1. The second kappa shape index (κ2) is 7.29. The molecule has 0 bridgehead atoms. The summed E-state index contributed by atoms with van der Waals surface area (Å²) in [6.45, 7) is 0. The summed E-state index contributed by atoms with van der Waals surface area (Å²) < 4.78 is 5.29. The number of methoxy groups -OCH3 is 1. The maximum atomic E-state index is 11.6. The molecule has 0 aromatic heterocycles. The smallest absolute Gasteiger partial charge is 0.325 e. The maximum absolute atomic E-state index is 11.6. The number of carbonyl (C=O) groups is 1. The Bertz CT molecular complexity index is 439. The van der Waals surface area contributed by atoms with Gasteiger partial charge in [0.05, 0.1) is 7.11 Å². The van der Waals surface area contributed by atoms with Crippen molar-refractivity contribution in [2.45, 2.75) is 50.6 Å². The molecule has 110 valence electrons. The van der Waals surface area contributed by atoms with Gasteiger partial charge < -0.3 is 9.84 Å². The Labute approximate surface area is 120 Å². The molecule has 2 rings (SSSR count). The minimum Gasteiger partial charge on any atom is -0.496 e. The number of hydrogen-bond donors (Lipinski definition) is 2.